The van der Waals surface area contributed by atoms with Crippen molar-refractivity contribution in [1.82, 2.24) is 25.9 Å². The summed E-state index contributed by atoms with van der Waals surface area (Å²) in [7, 11) is 0. The van der Waals surface area contributed by atoms with Crippen LogP contribution >= 0.6 is 15.9 Å². The number of halogens is 1. The lowest BCUT2D eigenvalue weighted by atomic mass is 9.98. The Morgan fingerprint density at radius 3 is 2.56 bits per heavy atom. The van der Waals surface area contributed by atoms with Crippen molar-refractivity contribution >= 4 is 33.4 Å². The molecule has 0 aliphatic rings. The number of ketones is 1. The Morgan fingerprint density at radius 2 is 1.96 bits per heavy atom. The molecule has 0 radical (unpaired) electrons. The molecule has 0 saturated heterocycles. The summed E-state index contributed by atoms with van der Waals surface area (Å²) in [5.41, 5.74) is 0.656. The number of anilines is 1. The Kier molecular flexibility index (Phi) is 7.05. The topological polar surface area (TPSA) is 113 Å². The van der Waals surface area contributed by atoms with Gasteiger partial charge in [0.25, 0.3) is 0 Å². The van der Waals surface area contributed by atoms with Gasteiger partial charge in [0.05, 0.1) is 6.04 Å². The normalized spacial score (nSPS) is 12.0. The number of aryl methyl sites for hydroxylation is 1. The van der Waals surface area contributed by atoms with E-state index < -0.39 is 12.1 Å². The van der Waals surface area contributed by atoms with Crippen LogP contribution in [0.25, 0.3) is 0 Å². The second-order valence-electron chi connectivity index (χ2n) is 6.08. The van der Waals surface area contributed by atoms with Crippen LogP contribution < -0.4 is 10.6 Å². The summed E-state index contributed by atoms with van der Waals surface area (Å²) in [5.74, 6) is 0.701. The highest BCUT2D eigenvalue weighted by Crippen LogP contribution is 2.14. The fraction of sp³-hybridized carbons (Fsp3) is 0.438. The van der Waals surface area contributed by atoms with E-state index in [1.54, 1.807) is 12.1 Å². The van der Waals surface area contributed by atoms with Crippen LogP contribution in [0.1, 0.15) is 32.5 Å². The van der Waals surface area contributed by atoms with Crippen LogP contribution in [0.3, 0.4) is 0 Å². The predicted molar refractivity (Wildman–Crippen MR) is 97.0 cm³/mol. The number of aromatic amines is 1. The highest BCUT2D eigenvalue weighted by atomic mass is 79.9. The molecule has 1 aromatic carbocycles. The van der Waals surface area contributed by atoms with E-state index in [1.807, 2.05) is 26.0 Å². The average molecular weight is 409 g/mol. The van der Waals surface area contributed by atoms with Crippen molar-refractivity contribution in [2.24, 2.45) is 5.92 Å². The Hall–Kier alpha value is -2.29. The predicted octanol–water partition coefficient (Wildman–Crippen LogP) is 2.70. The van der Waals surface area contributed by atoms with Crippen molar-refractivity contribution in [3.05, 3.63) is 34.6 Å². The van der Waals surface area contributed by atoms with E-state index in [0.717, 1.165) is 4.47 Å². The fourth-order valence-corrected chi connectivity index (χ4v) is 2.56. The number of carbonyl (C=O) groups is 2. The van der Waals surface area contributed by atoms with Gasteiger partial charge in [0.2, 0.25) is 0 Å². The summed E-state index contributed by atoms with van der Waals surface area (Å²) in [6, 6.07) is 6.26. The van der Waals surface area contributed by atoms with Crippen LogP contribution in [0.15, 0.2) is 28.7 Å². The molecule has 0 fully saturated rings. The van der Waals surface area contributed by atoms with Crippen LogP contribution in [-0.2, 0) is 11.2 Å². The largest absolute Gasteiger partial charge is 0.328 e. The van der Waals surface area contributed by atoms with Gasteiger partial charge in [-0.25, -0.2) is 4.79 Å². The van der Waals surface area contributed by atoms with Crippen molar-refractivity contribution in [3.8, 4) is 0 Å². The molecular formula is C16H21BrN6O2. The number of carbonyl (C=O) groups excluding carboxylic acids is 2. The quantitative estimate of drug-likeness (QED) is 0.621. The monoisotopic (exact) mass is 408 g/mol. The molecule has 2 aromatic rings. The highest BCUT2D eigenvalue weighted by molar-refractivity contribution is 9.10. The first kappa shape index (κ1) is 19.0. The number of aromatic nitrogens is 4. The van der Waals surface area contributed by atoms with Gasteiger partial charge in [-0.2, -0.15) is 5.21 Å². The van der Waals surface area contributed by atoms with Crippen LogP contribution in [0.4, 0.5) is 10.5 Å². The molecule has 1 atom stereocenters. The van der Waals surface area contributed by atoms with Gasteiger partial charge in [0.1, 0.15) is 0 Å². The number of tetrazole rings is 1. The molecule has 0 aliphatic carbocycles. The molecule has 1 aromatic heterocycles. The number of hydrogen-bond donors (Lipinski definition) is 3. The second-order valence-corrected chi connectivity index (χ2v) is 7.00. The molecule has 9 heteroatoms. The van der Waals surface area contributed by atoms with E-state index in [0.29, 0.717) is 24.4 Å². The van der Waals surface area contributed by atoms with Gasteiger partial charge in [0.15, 0.2) is 11.6 Å². The van der Waals surface area contributed by atoms with Gasteiger partial charge >= 0.3 is 6.03 Å². The summed E-state index contributed by atoms with van der Waals surface area (Å²) >= 11 is 3.34. The van der Waals surface area contributed by atoms with Crippen LogP contribution in [0.2, 0.25) is 0 Å². The van der Waals surface area contributed by atoms with Crippen molar-refractivity contribution in [2.45, 2.75) is 39.2 Å². The van der Waals surface area contributed by atoms with Crippen molar-refractivity contribution in [1.29, 1.82) is 0 Å². The second kappa shape index (κ2) is 9.26. The highest BCUT2D eigenvalue weighted by Gasteiger charge is 2.22. The molecule has 0 spiro atoms. The number of rotatable bonds is 8. The number of urea groups is 1. The van der Waals surface area contributed by atoms with Crippen LogP contribution in [0.5, 0.6) is 0 Å². The van der Waals surface area contributed by atoms with E-state index in [2.05, 4.69) is 47.2 Å². The lowest BCUT2D eigenvalue weighted by Gasteiger charge is -2.19. The Balaban J connectivity index is 1.92. The zero-order valence-corrected chi connectivity index (χ0v) is 15.7. The molecule has 8 nitrogen and oxygen atoms in total. The fourth-order valence-electron chi connectivity index (χ4n) is 2.30. The smallest absolute Gasteiger partial charge is 0.319 e. The van der Waals surface area contributed by atoms with Gasteiger partial charge in [-0.05, 0) is 36.6 Å². The molecule has 25 heavy (non-hydrogen) atoms. The van der Waals surface area contributed by atoms with E-state index in [-0.39, 0.29) is 18.1 Å². The lowest BCUT2D eigenvalue weighted by Crippen LogP contribution is -2.44. The number of Topliss-reactive ketones (excluding diaryl/α,β-unsaturated/α-hetero) is 1. The Morgan fingerprint density at radius 1 is 1.24 bits per heavy atom. The summed E-state index contributed by atoms with van der Waals surface area (Å²) in [5, 5.41) is 19.0. The van der Waals surface area contributed by atoms with E-state index >= 15 is 0 Å². The maximum atomic E-state index is 12.5. The summed E-state index contributed by atoms with van der Waals surface area (Å²) in [4.78, 5) is 24.7. The third-order valence-electron chi connectivity index (χ3n) is 3.49. The summed E-state index contributed by atoms with van der Waals surface area (Å²) < 4.78 is 0.924. The van der Waals surface area contributed by atoms with E-state index in [4.69, 9.17) is 0 Å². The zero-order valence-electron chi connectivity index (χ0n) is 14.1. The van der Waals surface area contributed by atoms with E-state index in [1.165, 1.54) is 0 Å². The molecular weight excluding hydrogens is 388 g/mol. The minimum atomic E-state index is -0.553. The molecule has 0 saturated carbocycles. The molecule has 0 bridgehead atoms. The van der Waals surface area contributed by atoms with Gasteiger partial charge in [-0.3, -0.25) is 4.79 Å². The number of benzene rings is 1. The number of hydrogen-bond acceptors (Lipinski definition) is 5. The zero-order chi connectivity index (χ0) is 18.2. The van der Waals surface area contributed by atoms with Gasteiger partial charge in [0, 0.05) is 23.0 Å². The minimum Gasteiger partial charge on any atom is -0.328 e. The van der Waals surface area contributed by atoms with Gasteiger partial charge in [-0.1, -0.05) is 35.0 Å². The Bertz CT molecular complexity index is 687. The first-order valence-electron chi connectivity index (χ1n) is 8.02. The molecule has 0 aliphatic heterocycles. The molecule has 1 heterocycles. The van der Waals surface area contributed by atoms with Gasteiger partial charge < -0.3 is 10.6 Å². The number of nitrogens with zero attached hydrogens (tertiary/aromatic N) is 3. The van der Waals surface area contributed by atoms with Crippen molar-refractivity contribution < 1.29 is 9.59 Å². The number of amides is 2. The SMILES string of the molecule is CC(C)C[C@H](NC(=O)Nc1ccc(Br)cc1)C(=O)CCc1nn[nH]n1. The Labute approximate surface area is 154 Å². The minimum absolute atomic E-state index is 0.0514. The maximum absolute atomic E-state index is 12.5. The first-order valence-corrected chi connectivity index (χ1v) is 8.81. The third kappa shape index (κ3) is 6.61. The maximum Gasteiger partial charge on any atom is 0.319 e. The average Bonchev–Trinajstić information content (AvgIpc) is 3.07. The molecule has 2 rings (SSSR count). The molecule has 0 unspecified atom stereocenters. The summed E-state index contributed by atoms with van der Waals surface area (Å²) in [6.45, 7) is 4.02. The van der Waals surface area contributed by atoms with Crippen LogP contribution in [0, 0.1) is 5.92 Å². The standard InChI is InChI=1S/C16H21BrN6O2/c1-10(2)9-13(14(24)7-8-15-20-22-23-21-15)19-16(25)18-12-5-3-11(17)4-6-12/h3-6,10,13H,7-9H2,1-2H3,(H2,18,19,25)(H,20,21,22,23)/t13-/m0/s1. The van der Waals surface area contributed by atoms with Crippen LogP contribution in [-0.4, -0.2) is 38.5 Å². The first-order chi connectivity index (χ1) is 11.9. The van der Waals surface area contributed by atoms with Crippen molar-refractivity contribution in [2.75, 3.05) is 5.32 Å². The van der Waals surface area contributed by atoms with E-state index in [9.17, 15) is 9.59 Å². The van der Waals surface area contributed by atoms with Gasteiger partial charge in [-0.15, -0.1) is 10.2 Å². The molecule has 134 valence electrons. The number of H-pyrrole nitrogens is 1. The lowest BCUT2D eigenvalue weighted by molar-refractivity contribution is -0.121. The molecule has 2 amide bonds. The number of nitrogens with one attached hydrogen (secondary N) is 3. The molecule has 3 N–H and O–H groups in total. The third-order valence-corrected chi connectivity index (χ3v) is 4.02. The summed E-state index contributed by atoms with van der Waals surface area (Å²) in [6.07, 6.45) is 1.20. The van der Waals surface area contributed by atoms with Crippen molar-refractivity contribution in [3.63, 3.8) is 0 Å².